The van der Waals surface area contributed by atoms with Crippen molar-refractivity contribution in [3.05, 3.63) is 65.3 Å². The van der Waals surface area contributed by atoms with E-state index in [0.717, 1.165) is 36.6 Å². The van der Waals surface area contributed by atoms with Crippen LogP contribution in [0.3, 0.4) is 0 Å². The van der Waals surface area contributed by atoms with E-state index >= 15 is 0 Å². The molecular weight excluding hydrogens is 438 g/mol. The topological polar surface area (TPSA) is 98.4 Å². The fraction of sp³-hybridized carbons (Fsp3) is 0.250. The van der Waals surface area contributed by atoms with Crippen molar-refractivity contribution in [2.45, 2.75) is 25.4 Å². The molecule has 4 aromatic rings. The Morgan fingerprint density at radius 2 is 1.94 bits per heavy atom. The molecular formula is C24H23N5O3S. The number of urea groups is 1. The molecule has 1 saturated heterocycles. The van der Waals surface area contributed by atoms with Crippen LogP contribution in [0, 0.1) is 0 Å². The summed E-state index contributed by atoms with van der Waals surface area (Å²) in [6.45, 7) is 1.59. The Morgan fingerprint density at radius 1 is 1.18 bits per heavy atom. The van der Waals surface area contributed by atoms with Gasteiger partial charge in [0.1, 0.15) is 17.6 Å². The quantitative estimate of drug-likeness (QED) is 0.430. The van der Waals surface area contributed by atoms with Crippen LogP contribution in [0.4, 0.5) is 4.79 Å². The molecule has 3 heterocycles. The van der Waals surface area contributed by atoms with Crippen molar-refractivity contribution in [2.24, 2.45) is 0 Å². The molecule has 2 aromatic carbocycles. The molecule has 1 aliphatic heterocycles. The van der Waals surface area contributed by atoms with Gasteiger partial charge in [0.25, 0.3) is 5.91 Å². The lowest BCUT2D eigenvalue weighted by atomic mass is 10.1. The number of hydrogen-bond acceptors (Lipinski definition) is 5. The Balaban J connectivity index is 1.26. The summed E-state index contributed by atoms with van der Waals surface area (Å²) in [5, 5.41) is 4.54. The normalized spacial score (nSPS) is 17.0. The van der Waals surface area contributed by atoms with Crippen LogP contribution < -0.4 is 5.32 Å². The van der Waals surface area contributed by atoms with Gasteiger partial charge in [-0.05, 0) is 30.7 Å². The minimum absolute atomic E-state index is 0.280. The maximum Gasteiger partial charge on any atom is 0.325 e. The zero-order chi connectivity index (χ0) is 23.1. The van der Waals surface area contributed by atoms with Crippen molar-refractivity contribution in [3.8, 4) is 0 Å². The summed E-state index contributed by atoms with van der Waals surface area (Å²) in [6, 6.07) is 14.1. The van der Waals surface area contributed by atoms with E-state index in [1.54, 1.807) is 7.05 Å². The average Bonchev–Trinajstić information content (AvgIpc) is 3.51. The van der Waals surface area contributed by atoms with Crippen LogP contribution in [0.1, 0.15) is 23.5 Å². The minimum atomic E-state index is -0.698. The highest BCUT2D eigenvalue weighted by molar-refractivity contribution is 7.18. The highest BCUT2D eigenvalue weighted by atomic mass is 32.1. The fourth-order valence-electron chi connectivity index (χ4n) is 4.08. The highest BCUT2D eigenvalue weighted by Crippen LogP contribution is 2.29. The maximum absolute atomic E-state index is 12.9. The van der Waals surface area contributed by atoms with Gasteiger partial charge in [-0.1, -0.05) is 30.3 Å². The molecule has 0 saturated carbocycles. The Labute approximate surface area is 194 Å². The van der Waals surface area contributed by atoms with E-state index in [4.69, 9.17) is 0 Å². The predicted octanol–water partition coefficient (Wildman–Crippen LogP) is 3.46. The largest absolute Gasteiger partial charge is 0.361 e. The van der Waals surface area contributed by atoms with Crippen LogP contribution in [-0.2, 0) is 16.0 Å². The molecule has 0 unspecified atom stereocenters. The zero-order valence-electron chi connectivity index (χ0n) is 18.2. The fourth-order valence-corrected chi connectivity index (χ4v) is 5.15. The number of likely N-dealkylation sites (N-methyl/N-ethyl adjacent to an activating group) is 1. The minimum Gasteiger partial charge on any atom is -0.361 e. The Bertz CT molecular complexity index is 1340. The van der Waals surface area contributed by atoms with Gasteiger partial charge in [0.2, 0.25) is 5.91 Å². The van der Waals surface area contributed by atoms with E-state index in [0.29, 0.717) is 6.42 Å². The van der Waals surface area contributed by atoms with Gasteiger partial charge in [0, 0.05) is 30.6 Å². The van der Waals surface area contributed by atoms with Crippen molar-refractivity contribution < 1.29 is 14.4 Å². The standard InChI is InChI=1S/C24H23N5O3S/c1-14(22-26-18-9-5-6-10-20(18)33-22)28(2)21(30)13-29-23(31)19(27-24(29)32)11-15-12-25-17-8-4-3-7-16(15)17/h3-10,12,14,19,25H,11,13H2,1-2H3,(H,27,32)/t14-,19+/m1/s1. The van der Waals surface area contributed by atoms with Crippen molar-refractivity contribution in [1.29, 1.82) is 0 Å². The van der Waals surface area contributed by atoms with Gasteiger partial charge in [0.15, 0.2) is 0 Å². The van der Waals surface area contributed by atoms with Gasteiger partial charge >= 0.3 is 6.03 Å². The first-order chi connectivity index (χ1) is 15.9. The number of hydrogen-bond donors (Lipinski definition) is 2. The van der Waals surface area contributed by atoms with E-state index in [1.165, 1.54) is 16.2 Å². The molecule has 0 aliphatic carbocycles. The van der Waals surface area contributed by atoms with E-state index in [2.05, 4.69) is 15.3 Å². The Morgan fingerprint density at radius 3 is 2.76 bits per heavy atom. The number of thiazole rings is 1. The lowest BCUT2D eigenvalue weighted by Gasteiger charge is -2.25. The third-order valence-electron chi connectivity index (χ3n) is 6.14. The number of imide groups is 1. The van der Waals surface area contributed by atoms with Crippen molar-refractivity contribution >= 4 is 50.3 Å². The third kappa shape index (κ3) is 3.84. The highest BCUT2D eigenvalue weighted by Gasteiger charge is 2.40. The maximum atomic E-state index is 12.9. The molecule has 2 atom stereocenters. The first-order valence-electron chi connectivity index (χ1n) is 10.7. The van der Waals surface area contributed by atoms with Crippen LogP contribution in [0.5, 0.6) is 0 Å². The van der Waals surface area contributed by atoms with Crippen molar-refractivity contribution in [1.82, 2.24) is 25.1 Å². The van der Waals surface area contributed by atoms with Crippen LogP contribution in [0.15, 0.2) is 54.7 Å². The molecule has 1 fully saturated rings. The van der Waals surface area contributed by atoms with Crippen LogP contribution >= 0.6 is 11.3 Å². The number of aromatic amines is 1. The number of benzene rings is 2. The number of amides is 4. The summed E-state index contributed by atoms with van der Waals surface area (Å²) in [4.78, 5) is 48.7. The zero-order valence-corrected chi connectivity index (χ0v) is 19.1. The third-order valence-corrected chi connectivity index (χ3v) is 7.35. The second-order valence-electron chi connectivity index (χ2n) is 8.19. The second kappa shape index (κ2) is 8.32. The summed E-state index contributed by atoms with van der Waals surface area (Å²) in [7, 11) is 1.67. The number of fused-ring (bicyclic) bond motifs is 2. The lowest BCUT2D eigenvalue weighted by Crippen LogP contribution is -2.42. The molecule has 0 spiro atoms. The molecule has 2 N–H and O–H groups in total. The molecule has 4 amide bonds. The molecule has 1 aliphatic rings. The van der Waals surface area contributed by atoms with Crippen LogP contribution in [-0.4, -0.2) is 57.2 Å². The lowest BCUT2D eigenvalue weighted by molar-refractivity contribution is -0.137. The Hall–Kier alpha value is -3.72. The Kier molecular flexibility index (Phi) is 5.33. The number of nitrogens with one attached hydrogen (secondary N) is 2. The first-order valence-corrected chi connectivity index (χ1v) is 11.5. The first kappa shape index (κ1) is 21.1. The molecule has 5 rings (SSSR count). The van der Waals surface area contributed by atoms with Gasteiger partial charge in [-0.15, -0.1) is 11.3 Å². The number of nitrogens with zero attached hydrogens (tertiary/aromatic N) is 3. The average molecular weight is 462 g/mol. The predicted molar refractivity (Wildman–Crippen MR) is 127 cm³/mol. The van der Waals surface area contributed by atoms with E-state index in [-0.39, 0.29) is 24.4 Å². The van der Waals surface area contributed by atoms with E-state index in [9.17, 15) is 14.4 Å². The van der Waals surface area contributed by atoms with Gasteiger partial charge in [-0.3, -0.25) is 14.5 Å². The number of H-pyrrole nitrogens is 1. The summed E-state index contributed by atoms with van der Waals surface area (Å²) in [5.41, 5.74) is 2.81. The van der Waals surface area contributed by atoms with E-state index in [1.807, 2.05) is 61.7 Å². The summed E-state index contributed by atoms with van der Waals surface area (Å²) in [5.74, 6) is -0.710. The van der Waals surface area contributed by atoms with Gasteiger partial charge in [-0.25, -0.2) is 9.78 Å². The molecule has 9 heteroatoms. The second-order valence-corrected chi connectivity index (χ2v) is 9.25. The smallest absolute Gasteiger partial charge is 0.325 e. The number of carbonyl (C=O) groups is 3. The molecule has 2 aromatic heterocycles. The monoisotopic (exact) mass is 461 g/mol. The van der Waals surface area contributed by atoms with Gasteiger partial charge < -0.3 is 15.2 Å². The van der Waals surface area contributed by atoms with Crippen molar-refractivity contribution in [2.75, 3.05) is 13.6 Å². The van der Waals surface area contributed by atoms with Gasteiger partial charge in [0.05, 0.1) is 16.3 Å². The number of carbonyl (C=O) groups excluding carboxylic acids is 3. The molecule has 8 nitrogen and oxygen atoms in total. The molecule has 0 bridgehead atoms. The number of rotatable bonds is 6. The summed E-state index contributed by atoms with van der Waals surface area (Å²) in [6.07, 6.45) is 2.21. The summed E-state index contributed by atoms with van der Waals surface area (Å²) < 4.78 is 1.05. The molecule has 168 valence electrons. The van der Waals surface area contributed by atoms with Crippen LogP contribution in [0.2, 0.25) is 0 Å². The summed E-state index contributed by atoms with van der Waals surface area (Å²) >= 11 is 1.53. The SMILES string of the molecule is C[C@H](c1nc2ccccc2s1)N(C)C(=O)CN1C(=O)N[C@@H](Cc2c[nH]c3ccccc23)C1=O. The van der Waals surface area contributed by atoms with E-state index < -0.39 is 12.1 Å². The molecule has 0 radical (unpaired) electrons. The van der Waals surface area contributed by atoms with Gasteiger partial charge in [-0.2, -0.15) is 0 Å². The van der Waals surface area contributed by atoms with Crippen molar-refractivity contribution in [3.63, 3.8) is 0 Å². The van der Waals surface area contributed by atoms with Crippen LogP contribution in [0.25, 0.3) is 21.1 Å². The number of aromatic nitrogens is 2. The molecule has 33 heavy (non-hydrogen) atoms. The number of para-hydroxylation sites is 2.